The second kappa shape index (κ2) is 5.12. The molecule has 1 nitrogen and oxygen atoms in total. The molecule has 2 heteroatoms. The van der Waals surface area contributed by atoms with Crippen molar-refractivity contribution < 1.29 is 0 Å². The van der Waals surface area contributed by atoms with E-state index in [1.165, 1.54) is 63.5 Å². The molecule has 28 heavy (non-hydrogen) atoms. The van der Waals surface area contributed by atoms with Gasteiger partial charge in [-0.2, -0.15) is 0 Å². The molecule has 0 aliphatic rings. The molecule has 0 amide bonds. The summed E-state index contributed by atoms with van der Waals surface area (Å²) in [6.45, 7) is 0. The lowest BCUT2D eigenvalue weighted by Crippen LogP contribution is -1.74. The summed E-state index contributed by atoms with van der Waals surface area (Å²) in [5, 5.41) is 10.5. The lowest BCUT2D eigenvalue weighted by molar-refractivity contribution is 1.57. The van der Waals surface area contributed by atoms with Crippen molar-refractivity contribution >= 4 is 74.9 Å². The van der Waals surface area contributed by atoms with Gasteiger partial charge in [-0.25, -0.2) is 0 Å². The summed E-state index contributed by atoms with van der Waals surface area (Å²) >= 11 is 1.89. The maximum absolute atomic E-state index is 3.72. The Balaban J connectivity index is 1.69. The number of nitrogens with one attached hydrogen (secondary N) is 1. The molecule has 0 bridgehead atoms. The second-order valence-corrected chi connectivity index (χ2v) is 8.57. The summed E-state index contributed by atoms with van der Waals surface area (Å²) in [6, 6.07) is 31.0. The Kier molecular flexibility index (Phi) is 2.68. The molecular weight excluding hydrogens is 358 g/mol. The number of hydrogen-bond acceptors (Lipinski definition) is 1. The molecule has 0 aliphatic carbocycles. The highest BCUT2D eigenvalue weighted by Crippen LogP contribution is 2.42. The number of H-pyrrole nitrogens is 1. The molecule has 1 N–H and O–H groups in total. The van der Waals surface area contributed by atoms with Crippen LogP contribution in [0, 0.1) is 0 Å². The van der Waals surface area contributed by atoms with E-state index in [1.54, 1.807) is 0 Å². The van der Waals surface area contributed by atoms with Crippen LogP contribution in [0.25, 0.3) is 63.5 Å². The van der Waals surface area contributed by atoms with Crippen molar-refractivity contribution in [3.8, 4) is 0 Å². The summed E-state index contributed by atoms with van der Waals surface area (Å²) in [6.07, 6.45) is 0. The van der Waals surface area contributed by atoms with Gasteiger partial charge in [-0.3, -0.25) is 0 Å². The van der Waals surface area contributed by atoms with Crippen molar-refractivity contribution in [3.05, 3.63) is 84.9 Å². The number of thiophene rings is 1. The zero-order valence-corrected chi connectivity index (χ0v) is 15.8. The molecule has 0 radical (unpaired) electrons. The first kappa shape index (κ1) is 14.7. The largest absolute Gasteiger partial charge is 0.354 e. The van der Waals surface area contributed by atoms with Crippen LogP contribution in [0.4, 0.5) is 0 Å². The summed E-state index contributed by atoms with van der Waals surface area (Å²) in [5.74, 6) is 0. The minimum Gasteiger partial charge on any atom is -0.354 e. The van der Waals surface area contributed by atoms with E-state index in [0.717, 1.165) is 0 Å². The fourth-order valence-corrected chi connectivity index (χ4v) is 5.83. The maximum atomic E-state index is 3.72. The van der Waals surface area contributed by atoms with Gasteiger partial charge in [-0.15, -0.1) is 11.3 Å². The number of aromatic amines is 1. The number of rotatable bonds is 0. The Morgan fingerprint density at radius 1 is 0.536 bits per heavy atom. The Hall–Kier alpha value is -3.36. The van der Waals surface area contributed by atoms with Crippen LogP contribution in [0.3, 0.4) is 0 Å². The molecule has 5 aromatic carbocycles. The molecule has 0 unspecified atom stereocenters. The average Bonchev–Trinajstić information content (AvgIpc) is 3.29. The van der Waals surface area contributed by atoms with Crippen LogP contribution in [-0.4, -0.2) is 4.98 Å². The SMILES string of the molecule is c1ccc2c(c1)ccc1c3cc4sc5ccc6ccccc6c5c4cc3[nH]c21. The van der Waals surface area contributed by atoms with Gasteiger partial charge in [-0.05, 0) is 34.4 Å². The fraction of sp³-hybridized carbons (Fsp3) is 0. The standard InChI is InChI=1S/C26H15NS/c1-3-7-17-15(5-1)10-12-23-25(17)21-13-22-20(14-24(21)28-23)19-11-9-16-6-2-4-8-18(16)26(19)27-22/h1-14,27H. The van der Waals surface area contributed by atoms with E-state index in [-0.39, 0.29) is 0 Å². The molecule has 0 fully saturated rings. The minimum absolute atomic E-state index is 1.21. The molecule has 130 valence electrons. The smallest absolute Gasteiger partial charge is 0.0544 e. The lowest BCUT2D eigenvalue weighted by atomic mass is 10.0. The van der Waals surface area contributed by atoms with Crippen LogP contribution in [0.1, 0.15) is 0 Å². The Morgan fingerprint density at radius 3 is 2.18 bits per heavy atom. The molecule has 2 heterocycles. The molecule has 0 saturated carbocycles. The highest BCUT2D eigenvalue weighted by atomic mass is 32.1. The fourth-order valence-electron chi connectivity index (χ4n) is 4.68. The molecular formula is C26H15NS. The summed E-state index contributed by atoms with van der Waals surface area (Å²) < 4.78 is 2.71. The van der Waals surface area contributed by atoms with Crippen molar-refractivity contribution in [1.29, 1.82) is 0 Å². The monoisotopic (exact) mass is 373 g/mol. The van der Waals surface area contributed by atoms with Gasteiger partial charge in [-0.1, -0.05) is 66.7 Å². The van der Waals surface area contributed by atoms with Gasteiger partial charge in [0.25, 0.3) is 0 Å². The highest BCUT2D eigenvalue weighted by molar-refractivity contribution is 7.26. The quantitative estimate of drug-likeness (QED) is 0.277. The van der Waals surface area contributed by atoms with Gasteiger partial charge in [0.15, 0.2) is 0 Å². The average molecular weight is 373 g/mol. The Bertz CT molecular complexity index is 1720. The van der Waals surface area contributed by atoms with Crippen LogP contribution in [0.5, 0.6) is 0 Å². The molecule has 0 atom stereocenters. The third kappa shape index (κ3) is 1.81. The third-order valence-electron chi connectivity index (χ3n) is 5.98. The Labute approximate surface area is 164 Å². The molecule has 2 aromatic heterocycles. The predicted octanol–water partition coefficient (Wildman–Crippen LogP) is 8.00. The topological polar surface area (TPSA) is 15.8 Å². The number of benzene rings is 5. The van der Waals surface area contributed by atoms with Crippen LogP contribution in [0.2, 0.25) is 0 Å². The number of aromatic nitrogens is 1. The van der Waals surface area contributed by atoms with Crippen molar-refractivity contribution in [2.75, 3.05) is 0 Å². The minimum atomic E-state index is 1.21. The first-order chi connectivity index (χ1) is 13.9. The predicted molar refractivity (Wildman–Crippen MR) is 124 cm³/mol. The van der Waals surface area contributed by atoms with E-state index in [0.29, 0.717) is 0 Å². The van der Waals surface area contributed by atoms with E-state index in [9.17, 15) is 0 Å². The van der Waals surface area contributed by atoms with Crippen LogP contribution < -0.4 is 0 Å². The van der Waals surface area contributed by atoms with Crippen molar-refractivity contribution in [3.63, 3.8) is 0 Å². The van der Waals surface area contributed by atoms with E-state index >= 15 is 0 Å². The first-order valence-corrected chi connectivity index (χ1v) is 10.4. The van der Waals surface area contributed by atoms with E-state index in [1.807, 2.05) is 11.3 Å². The third-order valence-corrected chi connectivity index (χ3v) is 7.10. The van der Waals surface area contributed by atoms with E-state index < -0.39 is 0 Å². The summed E-state index contributed by atoms with van der Waals surface area (Å²) in [7, 11) is 0. The summed E-state index contributed by atoms with van der Waals surface area (Å²) in [4.78, 5) is 3.72. The number of fused-ring (bicyclic) bond motifs is 10. The van der Waals surface area contributed by atoms with Gasteiger partial charge in [0.1, 0.15) is 0 Å². The van der Waals surface area contributed by atoms with E-state index in [2.05, 4.69) is 89.9 Å². The zero-order valence-electron chi connectivity index (χ0n) is 15.0. The van der Waals surface area contributed by atoms with Crippen molar-refractivity contribution in [1.82, 2.24) is 4.98 Å². The van der Waals surface area contributed by atoms with Crippen LogP contribution >= 0.6 is 11.3 Å². The van der Waals surface area contributed by atoms with E-state index in [4.69, 9.17) is 0 Å². The van der Waals surface area contributed by atoms with Crippen LogP contribution in [-0.2, 0) is 0 Å². The van der Waals surface area contributed by atoms with Gasteiger partial charge >= 0.3 is 0 Å². The molecule has 0 spiro atoms. The Morgan fingerprint density at radius 2 is 1.29 bits per heavy atom. The number of hydrogen-bond donors (Lipinski definition) is 1. The second-order valence-electron chi connectivity index (χ2n) is 7.49. The van der Waals surface area contributed by atoms with Crippen molar-refractivity contribution in [2.24, 2.45) is 0 Å². The maximum Gasteiger partial charge on any atom is 0.0544 e. The van der Waals surface area contributed by atoms with Gasteiger partial charge < -0.3 is 4.98 Å². The summed E-state index contributed by atoms with van der Waals surface area (Å²) in [5.41, 5.74) is 2.45. The van der Waals surface area contributed by atoms with Gasteiger partial charge in [0.05, 0.1) is 5.52 Å². The van der Waals surface area contributed by atoms with Crippen LogP contribution in [0.15, 0.2) is 84.9 Å². The van der Waals surface area contributed by atoms with Crippen molar-refractivity contribution in [2.45, 2.75) is 0 Å². The molecule has 0 aliphatic heterocycles. The first-order valence-electron chi connectivity index (χ1n) is 9.54. The lowest BCUT2D eigenvalue weighted by Gasteiger charge is -2.00. The zero-order chi connectivity index (χ0) is 18.2. The molecule has 7 aromatic rings. The normalized spacial score (nSPS) is 12.3. The molecule has 7 rings (SSSR count). The van der Waals surface area contributed by atoms with Gasteiger partial charge in [0.2, 0.25) is 0 Å². The molecule has 0 saturated heterocycles. The highest BCUT2D eigenvalue weighted by Gasteiger charge is 2.13. The van der Waals surface area contributed by atoms with Gasteiger partial charge in [0, 0.05) is 41.8 Å².